The van der Waals surface area contributed by atoms with Crippen LogP contribution in [-0.2, 0) is 0 Å². The maximum atomic E-state index is 5.57. The average Bonchev–Trinajstić information content (AvgIpc) is 2.25. The van der Waals surface area contributed by atoms with Gasteiger partial charge in [0, 0.05) is 5.33 Å². The van der Waals surface area contributed by atoms with Gasteiger partial charge in [0.15, 0.2) is 0 Å². The van der Waals surface area contributed by atoms with Crippen molar-refractivity contribution < 1.29 is 4.74 Å². The summed E-state index contributed by atoms with van der Waals surface area (Å²) in [5, 5.41) is 1.01. The molecule has 0 bridgehead atoms. The predicted molar refractivity (Wildman–Crippen MR) is 74.5 cm³/mol. The molecule has 88 valence electrons. The number of hydrogen-bond acceptors (Lipinski definition) is 1. The molecule has 0 aliphatic carbocycles. The molecule has 0 aromatic heterocycles. The third kappa shape index (κ3) is 3.67. The molecule has 0 unspecified atom stereocenters. The summed E-state index contributed by atoms with van der Waals surface area (Å²) < 4.78 is 5.57. The first-order valence-corrected chi connectivity index (χ1v) is 6.77. The first-order valence-electron chi connectivity index (χ1n) is 5.65. The summed E-state index contributed by atoms with van der Waals surface area (Å²) in [6.07, 6.45) is 5.43. The van der Waals surface area contributed by atoms with Crippen LogP contribution in [0.25, 0.3) is 6.08 Å². The van der Waals surface area contributed by atoms with Crippen molar-refractivity contribution >= 4 is 22.0 Å². The van der Waals surface area contributed by atoms with Crippen LogP contribution in [0.2, 0.25) is 0 Å². The lowest BCUT2D eigenvalue weighted by molar-refractivity contribution is 0.337. The monoisotopic (exact) mass is 282 g/mol. The zero-order valence-electron chi connectivity index (χ0n) is 10.2. The second-order valence-corrected chi connectivity index (χ2v) is 4.58. The number of benzene rings is 1. The molecule has 0 aliphatic rings. The van der Waals surface area contributed by atoms with Gasteiger partial charge in [0.1, 0.15) is 5.75 Å². The quantitative estimate of drug-likeness (QED) is 0.723. The smallest absolute Gasteiger partial charge is 0.122 e. The minimum absolute atomic E-state index is 0.721. The van der Waals surface area contributed by atoms with Gasteiger partial charge in [-0.15, -0.1) is 0 Å². The molecule has 0 amide bonds. The lowest BCUT2D eigenvalue weighted by atomic mass is 10.0. The van der Waals surface area contributed by atoms with E-state index in [1.165, 1.54) is 16.7 Å². The molecule has 0 fully saturated rings. The maximum Gasteiger partial charge on any atom is 0.122 e. The standard InChI is InChI=1S/C14H19BrO/c1-4-16-14-10-11(2)13(9-12(14)3)7-5-6-8-15/h5,7,9-10H,4,6,8H2,1-3H3/b7-5+. The number of allylic oxidation sites excluding steroid dienone is 1. The van der Waals surface area contributed by atoms with Crippen LogP contribution < -0.4 is 4.74 Å². The lowest BCUT2D eigenvalue weighted by Crippen LogP contribution is -1.95. The van der Waals surface area contributed by atoms with Crippen molar-refractivity contribution in [2.75, 3.05) is 11.9 Å². The molecule has 0 N–H and O–H groups in total. The zero-order valence-corrected chi connectivity index (χ0v) is 11.8. The fourth-order valence-electron chi connectivity index (χ4n) is 1.58. The van der Waals surface area contributed by atoms with Gasteiger partial charge >= 0.3 is 0 Å². The Bertz CT molecular complexity index is 369. The molecule has 0 atom stereocenters. The van der Waals surface area contributed by atoms with Crippen LogP contribution in [0.15, 0.2) is 18.2 Å². The van der Waals surface area contributed by atoms with Crippen molar-refractivity contribution in [2.24, 2.45) is 0 Å². The number of ether oxygens (including phenoxy) is 1. The number of aryl methyl sites for hydroxylation is 2. The molecule has 0 radical (unpaired) electrons. The SMILES string of the molecule is CCOc1cc(C)c(/C=C/CCBr)cc1C. The van der Waals surface area contributed by atoms with Gasteiger partial charge in [0.05, 0.1) is 6.61 Å². The van der Waals surface area contributed by atoms with Crippen LogP contribution in [0.3, 0.4) is 0 Å². The second-order valence-electron chi connectivity index (χ2n) is 3.79. The molecular weight excluding hydrogens is 264 g/mol. The summed E-state index contributed by atoms with van der Waals surface area (Å²) in [5.41, 5.74) is 3.74. The van der Waals surface area contributed by atoms with Crippen LogP contribution in [0, 0.1) is 13.8 Å². The molecule has 1 aromatic carbocycles. The molecular formula is C14H19BrO. The van der Waals surface area contributed by atoms with Gasteiger partial charge in [-0.3, -0.25) is 0 Å². The molecule has 0 spiro atoms. The Morgan fingerprint density at radius 3 is 2.62 bits per heavy atom. The van der Waals surface area contributed by atoms with Crippen molar-refractivity contribution in [1.82, 2.24) is 0 Å². The molecule has 16 heavy (non-hydrogen) atoms. The fourth-order valence-corrected chi connectivity index (χ4v) is 1.84. The summed E-state index contributed by atoms with van der Waals surface area (Å²) in [6, 6.07) is 4.30. The Labute approximate surface area is 107 Å². The summed E-state index contributed by atoms with van der Waals surface area (Å²) >= 11 is 3.42. The van der Waals surface area contributed by atoms with Gasteiger partial charge in [0.25, 0.3) is 0 Å². The van der Waals surface area contributed by atoms with Crippen LogP contribution in [0.5, 0.6) is 5.75 Å². The van der Waals surface area contributed by atoms with E-state index in [0.717, 1.165) is 24.1 Å². The highest BCUT2D eigenvalue weighted by molar-refractivity contribution is 9.09. The van der Waals surface area contributed by atoms with E-state index in [9.17, 15) is 0 Å². The van der Waals surface area contributed by atoms with Crippen molar-refractivity contribution in [3.63, 3.8) is 0 Å². The van der Waals surface area contributed by atoms with E-state index in [2.05, 4.69) is 54.1 Å². The van der Waals surface area contributed by atoms with Crippen LogP contribution >= 0.6 is 15.9 Å². The van der Waals surface area contributed by atoms with Gasteiger partial charge in [0.2, 0.25) is 0 Å². The first kappa shape index (κ1) is 13.3. The highest BCUT2D eigenvalue weighted by atomic mass is 79.9. The Balaban J connectivity index is 2.91. The largest absolute Gasteiger partial charge is 0.494 e. The topological polar surface area (TPSA) is 9.23 Å². The highest BCUT2D eigenvalue weighted by Gasteiger charge is 2.02. The van der Waals surface area contributed by atoms with Crippen molar-refractivity contribution in [2.45, 2.75) is 27.2 Å². The number of alkyl halides is 1. The number of rotatable bonds is 5. The van der Waals surface area contributed by atoms with E-state index in [0.29, 0.717) is 0 Å². The summed E-state index contributed by atoms with van der Waals surface area (Å²) in [6.45, 7) is 6.94. The lowest BCUT2D eigenvalue weighted by Gasteiger charge is -2.10. The van der Waals surface area contributed by atoms with Crippen molar-refractivity contribution in [1.29, 1.82) is 0 Å². The van der Waals surface area contributed by atoms with E-state index >= 15 is 0 Å². The number of hydrogen-bond donors (Lipinski definition) is 0. The van der Waals surface area contributed by atoms with E-state index < -0.39 is 0 Å². The molecule has 0 saturated heterocycles. The Morgan fingerprint density at radius 2 is 2.00 bits per heavy atom. The predicted octanol–water partition coefficient (Wildman–Crippen LogP) is 4.50. The van der Waals surface area contributed by atoms with Crippen LogP contribution in [0.4, 0.5) is 0 Å². The number of halogens is 1. The van der Waals surface area contributed by atoms with Gasteiger partial charge in [-0.1, -0.05) is 28.1 Å². The molecule has 1 rings (SSSR count). The molecule has 0 saturated carbocycles. The minimum Gasteiger partial charge on any atom is -0.494 e. The van der Waals surface area contributed by atoms with E-state index in [1.807, 2.05) is 6.92 Å². The third-order valence-corrected chi connectivity index (χ3v) is 2.89. The minimum atomic E-state index is 0.721. The average molecular weight is 283 g/mol. The molecule has 1 nitrogen and oxygen atoms in total. The molecule has 0 heterocycles. The van der Waals surface area contributed by atoms with Crippen LogP contribution in [-0.4, -0.2) is 11.9 Å². The van der Waals surface area contributed by atoms with Gasteiger partial charge < -0.3 is 4.74 Å². The summed E-state index contributed by atoms with van der Waals surface area (Å²) in [7, 11) is 0. The van der Waals surface area contributed by atoms with Crippen molar-refractivity contribution in [3.8, 4) is 5.75 Å². The Morgan fingerprint density at radius 1 is 1.25 bits per heavy atom. The Hall–Kier alpha value is -0.760. The van der Waals surface area contributed by atoms with Gasteiger partial charge in [-0.2, -0.15) is 0 Å². The first-order chi connectivity index (χ1) is 7.69. The summed E-state index contributed by atoms with van der Waals surface area (Å²) in [5.74, 6) is 0.998. The fraction of sp³-hybridized carbons (Fsp3) is 0.429. The molecule has 0 aliphatic heterocycles. The van der Waals surface area contributed by atoms with Crippen molar-refractivity contribution in [3.05, 3.63) is 34.9 Å². The Kier molecular flexibility index (Phi) is 5.61. The third-order valence-electron chi connectivity index (χ3n) is 2.44. The van der Waals surface area contributed by atoms with E-state index in [1.54, 1.807) is 0 Å². The van der Waals surface area contributed by atoms with Gasteiger partial charge in [-0.05, 0) is 56.0 Å². The molecule has 1 aromatic rings. The van der Waals surface area contributed by atoms with E-state index in [4.69, 9.17) is 4.74 Å². The van der Waals surface area contributed by atoms with Crippen LogP contribution in [0.1, 0.15) is 30.0 Å². The summed E-state index contributed by atoms with van der Waals surface area (Å²) in [4.78, 5) is 0. The maximum absolute atomic E-state index is 5.57. The highest BCUT2D eigenvalue weighted by Crippen LogP contribution is 2.23. The van der Waals surface area contributed by atoms with Gasteiger partial charge in [-0.25, -0.2) is 0 Å². The zero-order chi connectivity index (χ0) is 12.0. The van der Waals surface area contributed by atoms with E-state index in [-0.39, 0.29) is 0 Å². The molecule has 2 heteroatoms. The normalized spacial score (nSPS) is 11.0. The second kappa shape index (κ2) is 6.74.